The lowest BCUT2D eigenvalue weighted by molar-refractivity contribution is -0.135. The van der Waals surface area contributed by atoms with E-state index in [2.05, 4.69) is 31.6 Å². The average molecular weight is 322 g/mol. The Labute approximate surface area is 134 Å². The van der Waals surface area contributed by atoms with Gasteiger partial charge in [-0.2, -0.15) is 0 Å². The van der Waals surface area contributed by atoms with Gasteiger partial charge in [-0.3, -0.25) is 23.7 Å². The number of amides is 2. The minimum atomic E-state index is -0.618. The van der Waals surface area contributed by atoms with Crippen molar-refractivity contribution in [3.8, 4) is 0 Å². The summed E-state index contributed by atoms with van der Waals surface area (Å²) in [6.45, 7) is 17.3. The summed E-state index contributed by atoms with van der Waals surface area (Å²) in [5.41, 5.74) is -0.264. The third kappa shape index (κ3) is 4.39. The van der Waals surface area contributed by atoms with Crippen molar-refractivity contribution < 1.29 is 9.59 Å². The lowest BCUT2D eigenvalue weighted by Gasteiger charge is -2.20. The van der Waals surface area contributed by atoms with Crippen molar-refractivity contribution >= 4 is 36.0 Å². The number of imide groups is 1. The molecule has 5 nitrogen and oxygen atoms in total. The van der Waals surface area contributed by atoms with Gasteiger partial charge in [-0.05, 0) is 12.5 Å². The fourth-order valence-corrected chi connectivity index (χ4v) is 2.84. The molecule has 1 aromatic heterocycles. The Bertz CT molecular complexity index is 700. The fraction of sp³-hybridized carbons (Fsp3) is 0.312. The maximum atomic E-state index is 12.1. The van der Waals surface area contributed by atoms with E-state index >= 15 is 0 Å². The molecule has 0 radical (unpaired) electrons. The maximum absolute atomic E-state index is 12.1. The second-order valence-corrected chi connectivity index (χ2v) is 5.00. The third-order valence-electron chi connectivity index (χ3n) is 2.72. The van der Waals surface area contributed by atoms with Crippen LogP contribution in [0.2, 0.25) is 0 Å². The predicted molar refractivity (Wildman–Crippen MR) is 92.0 cm³/mol. The smallest absolute Gasteiger partial charge is 0.269 e. The van der Waals surface area contributed by atoms with Crippen LogP contribution in [-0.4, -0.2) is 15.8 Å². The number of nitrogens with zero attached hydrogens (tertiary/aromatic N) is 1. The van der Waals surface area contributed by atoms with Gasteiger partial charge in [-0.15, -0.1) is 13.2 Å². The normalized spacial score (nSPS) is 17.5. The first-order valence-corrected chi connectivity index (χ1v) is 7.69. The number of hydrogen-bond donors (Lipinski definition) is 1. The maximum Gasteiger partial charge on any atom is 0.269 e. The van der Waals surface area contributed by atoms with Crippen molar-refractivity contribution in [3.05, 3.63) is 45.9 Å². The summed E-state index contributed by atoms with van der Waals surface area (Å²) in [6.07, 6.45) is 3.67. The Hall–Kier alpha value is -2.21. The van der Waals surface area contributed by atoms with Crippen LogP contribution >= 0.6 is 11.5 Å². The molecule has 22 heavy (non-hydrogen) atoms. The van der Waals surface area contributed by atoms with Crippen molar-refractivity contribution in [2.45, 2.75) is 32.7 Å². The van der Waals surface area contributed by atoms with Crippen molar-refractivity contribution in [3.63, 3.8) is 0 Å². The Morgan fingerprint density at radius 3 is 2.36 bits per heavy atom. The van der Waals surface area contributed by atoms with Gasteiger partial charge in [-0.25, -0.2) is 0 Å². The largest absolute Gasteiger partial charge is 0.295 e. The average Bonchev–Trinajstić information content (AvgIpc) is 2.80. The van der Waals surface area contributed by atoms with E-state index in [0.29, 0.717) is 16.2 Å². The van der Waals surface area contributed by atoms with Crippen molar-refractivity contribution in [2.24, 2.45) is 0 Å². The molecule has 120 valence electrons. The molecule has 1 aliphatic rings. The monoisotopic (exact) mass is 322 g/mol. The first-order valence-electron chi connectivity index (χ1n) is 6.92. The molecule has 0 bridgehead atoms. The van der Waals surface area contributed by atoms with Gasteiger partial charge < -0.3 is 0 Å². The fourth-order valence-electron chi connectivity index (χ4n) is 1.84. The Kier molecular flexibility index (Phi) is 8.70. The Morgan fingerprint density at radius 2 is 1.86 bits per heavy atom. The highest BCUT2D eigenvalue weighted by atomic mass is 32.1. The standard InChI is InChI=1S/C12H12N2O3S.C2H6.C2H4/c1-3-4-8-7(2)18-14(12(8)17)9-5-6-10(15)13-11(9)16;2*1-2/h3-4,9H,1-2,5-6H2,(H,13,15,16);1-2H3;1-2H2/b8-4+;;. The molecular weight excluding hydrogens is 300 g/mol. The summed E-state index contributed by atoms with van der Waals surface area (Å²) >= 11 is 1.13. The van der Waals surface area contributed by atoms with Crippen LogP contribution < -0.4 is 20.6 Å². The molecule has 1 aromatic rings. The highest BCUT2D eigenvalue weighted by Gasteiger charge is 2.29. The van der Waals surface area contributed by atoms with Crippen LogP contribution in [0.1, 0.15) is 32.7 Å². The molecule has 1 unspecified atom stereocenters. The lowest BCUT2D eigenvalue weighted by Crippen LogP contribution is -2.45. The van der Waals surface area contributed by atoms with E-state index in [1.54, 1.807) is 6.08 Å². The van der Waals surface area contributed by atoms with Gasteiger partial charge in [-0.1, -0.05) is 44.6 Å². The Balaban J connectivity index is 0.00000102. The molecular formula is C16H22N2O3S. The van der Waals surface area contributed by atoms with E-state index in [0.717, 1.165) is 11.5 Å². The molecule has 2 rings (SSSR count). The molecule has 0 aliphatic carbocycles. The lowest BCUT2D eigenvalue weighted by atomic mass is 10.1. The topological polar surface area (TPSA) is 68.2 Å². The highest BCUT2D eigenvalue weighted by Crippen LogP contribution is 2.16. The number of hydrogen-bond acceptors (Lipinski definition) is 4. The second-order valence-electron chi connectivity index (χ2n) is 3.93. The van der Waals surface area contributed by atoms with Crippen LogP contribution in [0.25, 0.3) is 12.7 Å². The van der Waals surface area contributed by atoms with Crippen LogP contribution in [0.5, 0.6) is 0 Å². The van der Waals surface area contributed by atoms with Crippen LogP contribution in [0.4, 0.5) is 0 Å². The predicted octanol–water partition coefficient (Wildman–Crippen LogP) is 1.09. The quantitative estimate of drug-likeness (QED) is 0.655. The van der Waals surface area contributed by atoms with E-state index in [9.17, 15) is 14.4 Å². The number of nitrogens with one attached hydrogen (secondary N) is 1. The molecule has 0 spiro atoms. The number of carbonyl (C=O) groups is 2. The summed E-state index contributed by atoms with van der Waals surface area (Å²) in [5.74, 6) is -0.728. The number of carbonyl (C=O) groups excluding carboxylic acids is 2. The van der Waals surface area contributed by atoms with Gasteiger partial charge in [0.05, 0.1) is 9.75 Å². The molecule has 2 amide bonds. The van der Waals surface area contributed by atoms with Crippen LogP contribution in [-0.2, 0) is 9.59 Å². The van der Waals surface area contributed by atoms with Gasteiger partial charge in [0.25, 0.3) is 11.5 Å². The van der Waals surface area contributed by atoms with E-state index in [1.165, 1.54) is 10.0 Å². The Morgan fingerprint density at radius 1 is 1.27 bits per heavy atom. The summed E-state index contributed by atoms with van der Waals surface area (Å²) in [4.78, 5) is 34.9. The van der Waals surface area contributed by atoms with Crippen LogP contribution in [0.3, 0.4) is 0 Å². The molecule has 1 fully saturated rings. The van der Waals surface area contributed by atoms with E-state index in [4.69, 9.17) is 0 Å². The van der Waals surface area contributed by atoms with Gasteiger partial charge in [0.1, 0.15) is 6.04 Å². The zero-order chi connectivity index (χ0) is 17.3. The van der Waals surface area contributed by atoms with Crippen molar-refractivity contribution in [1.82, 2.24) is 9.27 Å². The number of rotatable bonds is 2. The zero-order valence-corrected chi connectivity index (χ0v) is 13.9. The zero-order valence-electron chi connectivity index (χ0n) is 13.1. The minimum absolute atomic E-state index is 0.244. The second kappa shape index (κ2) is 9.68. The molecule has 2 heterocycles. The summed E-state index contributed by atoms with van der Waals surface area (Å²) < 4.78 is 1.96. The molecule has 1 aliphatic heterocycles. The molecule has 6 heteroatoms. The number of allylic oxidation sites excluding steroid dienone is 1. The third-order valence-corrected chi connectivity index (χ3v) is 3.77. The van der Waals surface area contributed by atoms with E-state index < -0.39 is 11.9 Å². The first-order chi connectivity index (χ1) is 10.5. The molecule has 1 atom stereocenters. The van der Waals surface area contributed by atoms with Crippen LogP contribution in [0.15, 0.2) is 30.6 Å². The first kappa shape index (κ1) is 19.8. The van der Waals surface area contributed by atoms with Crippen molar-refractivity contribution in [1.29, 1.82) is 0 Å². The van der Waals surface area contributed by atoms with Gasteiger partial charge >= 0.3 is 0 Å². The minimum Gasteiger partial charge on any atom is -0.295 e. The van der Waals surface area contributed by atoms with Crippen molar-refractivity contribution in [2.75, 3.05) is 0 Å². The van der Waals surface area contributed by atoms with Gasteiger partial charge in [0.15, 0.2) is 0 Å². The number of aromatic nitrogens is 1. The molecule has 1 saturated heterocycles. The molecule has 1 N–H and O–H groups in total. The molecule has 0 saturated carbocycles. The highest BCUT2D eigenvalue weighted by molar-refractivity contribution is 7.04. The number of piperidine rings is 1. The van der Waals surface area contributed by atoms with E-state index in [1.807, 2.05) is 13.8 Å². The van der Waals surface area contributed by atoms with E-state index in [-0.39, 0.29) is 17.9 Å². The summed E-state index contributed by atoms with van der Waals surface area (Å²) in [5, 5.41) is 2.68. The van der Waals surface area contributed by atoms with Gasteiger partial charge in [0.2, 0.25) is 5.91 Å². The van der Waals surface area contributed by atoms with Crippen LogP contribution in [0, 0.1) is 0 Å². The van der Waals surface area contributed by atoms with Gasteiger partial charge in [0, 0.05) is 6.42 Å². The SMILES string of the molecule is C=C.C=C/C=c1\c(=C)sn(C2CCC(=O)NC2=O)c1=O.CC. The molecule has 0 aromatic carbocycles. The summed E-state index contributed by atoms with van der Waals surface area (Å²) in [6, 6.07) is -0.618. The summed E-state index contributed by atoms with van der Waals surface area (Å²) in [7, 11) is 0.